The molecular formula is C14H17NO5. The van der Waals surface area contributed by atoms with Crippen molar-refractivity contribution in [2.24, 2.45) is 0 Å². The number of benzene rings is 1. The monoisotopic (exact) mass is 279 g/mol. The summed E-state index contributed by atoms with van der Waals surface area (Å²) in [6.45, 7) is 1.55. The average molecular weight is 279 g/mol. The number of carbonyl (C=O) groups is 2. The highest BCUT2D eigenvalue weighted by molar-refractivity contribution is 6.07. The summed E-state index contributed by atoms with van der Waals surface area (Å²) in [5.74, 6) is 0.236. The number of hydrogen-bond donors (Lipinski definition) is 1. The van der Waals surface area contributed by atoms with Gasteiger partial charge in [-0.15, -0.1) is 0 Å². The summed E-state index contributed by atoms with van der Waals surface area (Å²) >= 11 is 0. The van der Waals surface area contributed by atoms with Gasteiger partial charge in [0.05, 0.1) is 19.8 Å². The number of nitrogens with zero attached hydrogens (tertiary/aromatic N) is 1. The van der Waals surface area contributed by atoms with Gasteiger partial charge in [0.1, 0.15) is 12.4 Å². The summed E-state index contributed by atoms with van der Waals surface area (Å²) in [5, 5.41) is 8.53. The van der Waals surface area contributed by atoms with Crippen LogP contribution in [0.25, 0.3) is 0 Å². The number of rotatable bonds is 7. The molecule has 2 rings (SSSR count). The number of β-lactam (4-membered cyclic amide) rings is 1. The number of amides is 2. The van der Waals surface area contributed by atoms with E-state index < -0.39 is 0 Å². The van der Waals surface area contributed by atoms with Gasteiger partial charge < -0.3 is 14.6 Å². The van der Waals surface area contributed by atoms with Crippen molar-refractivity contribution in [1.29, 1.82) is 0 Å². The predicted molar refractivity (Wildman–Crippen MR) is 70.5 cm³/mol. The fourth-order valence-electron chi connectivity index (χ4n) is 1.76. The molecule has 0 saturated carbocycles. The number of carbonyl (C=O) groups excluding carboxylic acids is 2. The van der Waals surface area contributed by atoms with Crippen LogP contribution in [-0.4, -0.2) is 54.8 Å². The second-order valence-corrected chi connectivity index (χ2v) is 4.31. The highest BCUT2D eigenvalue weighted by Gasteiger charge is 2.30. The van der Waals surface area contributed by atoms with Crippen LogP contribution in [-0.2, 0) is 9.53 Å². The summed E-state index contributed by atoms with van der Waals surface area (Å²) in [6, 6.07) is 6.64. The van der Waals surface area contributed by atoms with E-state index in [9.17, 15) is 9.59 Å². The third-order valence-corrected chi connectivity index (χ3v) is 2.93. The first-order valence-electron chi connectivity index (χ1n) is 6.48. The number of likely N-dealkylation sites (tertiary alicyclic amines) is 1. The molecular weight excluding hydrogens is 262 g/mol. The van der Waals surface area contributed by atoms with E-state index in [-0.39, 0.29) is 18.4 Å². The molecule has 1 fully saturated rings. The Morgan fingerprint density at radius 2 is 1.95 bits per heavy atom. The van der Waals surface area contributed by atoms with Gasteiger partial charge in [0.2, 0.25) is 5.91 Å². The quantitative estimate of drug-likeness (QED) is 0.445. The molecule has 20 heavy (non-hydrogen) atoms. The molecule has 108 valence electrons. The normalized spacial score (nSPS) is 14.1. The lowest BCUT2D eigenvalue weighted by Crippen LogP contribution is -2.47. The van der Waals surface area contributed by atoms with Crippen molar-refractivity contribution in [2.75, 3.05) is 33.0 Å². The van der Waals surface area contributed by atoms with Gasteiger partial charge in [0, 0.05) is 18.5 Å². The molecule has 1 N–H and O–H groups in total. The minimum atomic E-state index is -0.265. The van der Waals surface area contributed by atoms with E-state index in [0.717, 1.165) is 0 Å². The van der Waals surface area contributed by atoms with Crippen molar-refractivity contribution < 1.29 is 24.2 Å². The molecule has 0 radical (unpaired) electrons. The third kappa shape index (κ3) is 3.55. The summed E-state index contributed by atoms with van der Waals surface area (Å²) in [6.07, 6.45) is 0.445. The highest BCUT2D eigenvalue weighted by atomic mass is 16.5. The fraction of sp³-hybridized carbons (Fsp3) is 0.429. The van der Waals surface area contributed by atoms with Crippen molar-refractivity contribution >= 4 is 11.8 Å². The largest absolute Gasteiger partial charge is 0.491 e. The van der Waals surface area contributed by atoms with E-state index in [2.05, 4.69) is 0 Å². The van der Waals surface area contributed by atoms with Crippen molar-refractivity contribution in [3.05, 3.63) is 29.8 Å². The van der Waals surface area contributed by atoms with Crippen molar-refractivity contribution in [1.82, 2.24) is 4.90 Å². The number of aliphatic hydroxyl groups excluding tert-OH is 1. The van der Waals surface area contributed by atoms with Gasteiger partial charge in [-0.25, -0.2) is 0 Å². The fourth-order valence-corrected chi connectivity index (χ4v) is 1.76. The predicted octanol–water partition coefficient (Wildman–Crippen LogP) is 0.447. The molecule has 1 aliphatic heterocycles. The summed E-state index contributed by atoms with van der Waals surface area (Å²) < 4.78 is 10.5. The van der Waals surface area contributed by atoms with E-state index in [1.165, 1.54) is 4.90 Å². The van der Waals surface area contributed by atoms with E-state index in [4.69, 9.17) is 14.6 Å². The minimum Gasteiger partial charge on any atom is -0.491 e. The zero-order valence-corrected chi connectivity index (χ0v) is 11.1. The van der Waals surface area contributed by atoms with E-state index in [0.29, 0.717) is 44.1 Å². The molecule has 0 atom stereocenters. The Morgan fingerprint density at radius 3 is 2.50 bits per heavy atom. The van der Waals surface area contributed by atoms with E-state index >= 15 is 0 Å². The molecule has 1 saturated heterocycles. The van der Waals surface area contributed by atoms with Crippen LogP contribution in [0.5, 0.6) is 5.75 Å². The maximum absolute atomic E-state index is 11.9. The molecule has 0 aromatic heterocycles. The maximum atomic E-state index is 11.9. The Labute approximate surface area is 116 Å². The Balaban J connectivity index is 1.80. The van der Waals surface area contributed by atoms with E-state index in [1.54, 1.807) is 24.3 Å². The molecule has 6 heteroatoms. The van der Waals surface area contributed by atoms with Crippen LogP contribution in [0, 0.1) is 0 Å². The van der Waals surface area contributed by atoms with Gasteiger partial charge in [-0.3, -0.25) is 14.5 Å². The van der Waals surface area contributed by atoms with Crippen LogP contribution < -0.4 is 4.74 Å². The molecule has 0 spiro atoms. The standard InChI is InChI=1S/C14H17NO5/c16-7-8-19-9-10-20-12-3-1-11(2-4-12)14(18)15-6-5-13(15)17/h1-4,16H,5-10H2. The first-order chi connectivity index (χ1) is 9.72. The molecule has 1 heterocycles. The van der Waals surface area contributed by atoms with Crippen LogP contribution in [0.1, 0.15) is 16.8 Å². The van der Waals surface area contributed by atoms with Gasteiger partial charge >= 0.3 is 0 Å². The molecule has 0 bridgehead atoms. The summed E-state index contributed by atoms with van der Waals surface area (Å²) in [7, 11) is 0. The third-order valence-electron chi connectivity index (χ3n) is 2.93. The minimum absolute atomic E-state index is 0.00791. The SMILES string of the molecule is O=C1CCN1C(=O)c1ccc(OCCOCCO)cc1. The Hall–Kier alpha value is -1.92. The van der Waals surface area contributed by atoms with Crippen LogP contribution in [0.15, 0.2) is 24.3 Å². The Kier molecular flexibility index (Phi) is 5.09. The van der Waals surface area contributed by atoms with Gasteiger partial charge in [0.15, 0.2) is 0 Å². The smallest absolute Gasteiger partial charge is 0.260 e. The first-order valence-corrected chi connectivity index (χ1v) is 6.48. The zero-order chi connectivity index (χ0) is 14.4. The van der Waals surface area contributed by atoms with Crippen LogP contribution in [0.4, 0.5) is 0 Å². The van der Waals surface area contributed by atoms with Crippen molar-refractivity contribution in [2.45, 2.75) is 6.42 Å². The molecule has 0 unspecified atom stereocenters. The van der Waals surface area contributed by atoms with Gasteiger partial charge in [0.25, 0.3) is 5.91 Å². The molecule has 0 aliphatic carbocycles. The summed E-state index contributed by atoms with van der Waals surface area (Å²) in [5.41, 5.74) is 0.474. The zero-order valence-electron chi connectivity index (χ0n) is 11.1. The number of imide groups is 1. The lowest BCUT2D eigenvalue weighted by molar-refractivity contribution is -0.135. The van der Waals surface area contributed by atoms with Crippen LogP contribution >= 0.6 is 0 Å². The van der Waals surface area contributed by atoms with Crippen LogP contribution in [0.3, 0.4) is 0 Å². The summed E-state index contributed by atoms with van der Waals surface area (Å²) in [4.78, 5) is 24.3. The molecule has 6 nitrogen and oxygen atoms in total. The van der Waals surface area contributed by atoms with Crippen molar-refractivity contribution in [3.63, 3.8) is 0 Å². The number of aliphatic hydroxyl groups is 1. The lowest BCUT2D eigenvalue weighted by Gasteiger charge is -2.28. The number of ether oxygens (including phenoxy) is 2. The second kappa shape index (κ2) is 7.02. The molecule has 1 aromatic rings. The topological polar surface area (TPSA) is 76.1 Å². The van der Waals surface area contributed by atoms with Crippen molar-refractivity contribution in [3.8, 4) is 5.75 Å². The van der Waals surface area contributed by atoms with Gasteiger partial charge in [-0.1, -0.05) is 0 Å². The number of hydrogen-bond acceptors (Lipinski definition) is 5. The molecule has 2 amide bonds. The van der Waals surface area contributed by atoms with Gasteiger partial charge in [-0.05, 0) is 24.3 Å². The lowest BCUT2D eigenvalue weighted by atomic mass is 10.1. The molecule has 1 aromatic carbocycles. The Morgan fingerprint density at radius 1 is 1.20 bits per heavy atom. The van der Waals surface area contributed by atoms with Crippen LogP contribution in [0.2, 0.25) is 0 Å². The Bertz CT molecular complexity index is 471. The van der Waals surface area contributed by atoms with E-state index in [1.807, 2.05) is 0 Å². The first kappa shape index (κ1) is 14.5. The average Bonchev–Trinajstić information content (AvgIpc) is 2.46. The van der Waals surface area contributed by atoms with Gasteiger partial charge in [-0.2, -0.15) is 0 Å². The second-order valence-electron chi connectivity index (χ2n) is 4.31. The molecule has 1 aliphatic rings. The maximum Gasteiger partial charge on any atom is 0.260 e. The highest BCUT2D eigenvalue weighted by Crippen LogP contribution is 2.17.